The second-order valence-electron chi connectivity index (χ2n) is 4.07. The number of carboxylic acid groups (broad SMARTS) is 1. The molecule has 0 aliphatic carbocycles. The van der Waals surface area contributed by atoms with Gasteiger partial charge < -0.3 is 24.8 Å². The van der Waals surface area contributed by atoms with E-state index in [1.54, 1.807) is 12.0 Å². The fourth-order valence-electron chi connectivity index (χ4n) is 1.70. The first-order chi connectivity index (χ1) is 8.65. The molecule has 1 fully saturated rings. The number of carbonyl (C=O) groups excluding carboxylic acids is 1. The monoisotopic (exact) mass is 260 g/mol. The van der Waals surface area contributed by atoms with Crippen LogP contribution >= 0.6 is 0 Å². The van der Waals surface area contributed by atoms with E-state index in [0.29, 0.717) is 45.8 Å². The van der Waals surface area contributed by atoms with Crippen molar-refractivity contribution in [3.05, 3.63) is 0 Å². The van der Waals surface area contributed by atoms with Crippen LogP contribution in [0.25, 0.3) is 0 Å². The molecule has 0 aromatic heterocycles. The molecule has 7 nitrogen and oxygen atoms in total. The second-order valence-corrected chi connectivity index (χ2v) is 4.07. The van der Waals surface area contributed by atoms with Crippen molar-refractivity contribution in [2.45, 2.75) is 18.9 Å². The maximum Gasteiger partial charge on any atom is 0.326 e. The molecule has 1 rings (SSSR count). The van der Waals surface area contributed by atoms with Gasteiger partial charge in [0.05, 0.1) is 13.2 Å². The Morgan fingerprint density at radius 2 is 2.11 bits per heavy atom. The van der Waals surface area contributed by atoms with E-state index in [-0.39, 0.29) is 6.03 Å². The SMILES string of the molecule is COCCCC(NC(=O)N1CCOCC1)C(=O)O. The first-order valence-electron chi connectivity index (χ1n) is 6.00. The van der Waals surface area contributed by atoms with Crippen LogP contribution in [-0.4, -0.2) is 68.1 Å². The molecule has 1 aliphatic heterocycles. The highest BCUT2D eigenvalue weighted by molar-refractivity contribution is 5.82. The van der Waals surface area contributed by atoms with E-state index in [1.807, 2.05) is 0 Å². The molecule has 2 N–H and O–H groups in total. The lowest BCUT2D eigenvalue weighted by Crippen LogP contribution is -2.51. The highest BCUT2D eigenvalue weighted by Crippen LogP contribution is 2.02. The molecule has 0 aromatic rings. The second kappa shape index (κ2) is 7.88. The third-order valence-corrected chi connectivity index (χ3v) is 2.74. The molecule has 104 valence electrons. The Morgan fingerprint density at radius 3 is 2.67 bits per heavy atom. The molecular weight excluding hydrogens is 240 g/mol. The number of aliphatic carboxylic acids is 1. The van der Waals surface area contributed by atoms with Crippen molar-refractivity contribution in [3.63, 3.8) is 0 Å². The molecule has 0 bridgehead atoms. The van der Waals surface area contributed by atoms with E-state index in [2.05, 4.69) is 5.32 Å². The third kappa shape index (κ3) is 4.89. The minimum Gasteiger partial charge on any atom is -0.480 e. The zero-order valence-electron chi connectivity index (χ0n) is 10.6. The molecular formula is C11H20N2O5. The lowest BCUT2D eigenvalue weighted by Gasteiger charge is -2.28. The van der Waals surface area contributed by atoms with Crippen LogP contribution in [0.1, 0.15) is 12.8 Å². The first-order valence-corrected chi connectivity index (χ1v) is 6.00. The van der Waals surface area contributed by atoms with Crippen molar-refractivity contribution in [1.29, 1.82) is 0 Å². The van der Waals surface area contributed by atoms with Gasteiger partial charge in [-0.2, -0.15) is 0 Å². The van der Waals surface area contributed by atoms with Gasteiger partial charge in [0.25, 0.3) is 0 Å². The van der Waals surface area contributed by atoms with Crippen LogP contribution in [0, 0.1) is 0 Å². The number of hydrogen-bond acceptors (Lipinski definition) is 4. The highest BCUT2D eigenvalue weighted by Gasteiger charge is 2.23. The summed E-state index contributed by atoms with van der Waals surface area (Å²) in [5, 5.41) is 11.5. The Bertz CT molecular complexity index is 279. The Labute approximate surface area is 106 Å². The van der Waals surface area contributed by atoms with Crippen LogP contribution in [-0.2, 0) is 14.3 Å². The Hall–Kier alpha value is -1.34. The maximum atomic E-state index is 11.8. The topological polar surface area (TPSA) is 88.1 Å². The van der Waals surface area contributed by atoms with Crippen LogP contribution < -0.4 is 5.32 Å². The average Bonchev–Trinajstić information content (AvgIpc) is 2.38. The number of ether oxygens (including phenoxy) is 2. The van der Waals surface area contributed by atoms with E-state index in [1.165, 1.54) is 0 Å². The molecule has 1 unspecified atom stereocenters. The van der Waals surface area contributed by atoms with Crippen molar-refractivity contribution in [2.24, 2.45) is 0 Å². The summed E-state index contributed by atoms with van der Waals surface area (Å²) in [5.41, 5.74) is 0. The minimum absolute atomic E-state index is 0.344. The number of nitrogens with one attached hydrogen (secondary N) is 1. The van der Waals surface area contributed by atoms with Crippen LogP contribution in [0.2, 0.25) is 0 Å². The van der Waals surface area contributed by atoms with Crippen LogP contribution in [0.5, 0.6) is 0 Å². The van der Waals surface area contributed by atoms with Crippen molar-refractivity contribution in [1.82, 2.24) is 10.2 Å². The molecule has 18 heavy (non-hydrogen) atoms. The zero-order valence-corrected chi connectivity index (χ0v) is 10.6. The van der Waals surface area contributed by atoms with E-state index in [4.69, 9.17) is 14.6 Å². The molecule has 1 atom stereocenters. The summed E-state index contributed by atoms with van der Waals surface area (Å²) < 4.78 is 9.99. The van der Waals surface area contributed by atoms with Crippen molar-refractivity contribution in [2.75, 3.05) is 40.0 Å². The van der Waals surface area contributed by atoms with Gasteiger partial charge in [0.15, 0.2) is 0 Å². The Kier molecular flexibility index (Phi) is 6.45. The molecule has 0 saturated carbocycles. The summed E-state index contributed by atoms with van der Waals surface area (Å²) in [7, 11) is 1.56. The lowest BCUT2D eigenvalue weighted by atomic mass is 10.1. The standard InChI is InChI=1S/C11H20N2O5/c1-17-6-2-3-9(10(14)15)12-11(16)13-4-7-18-8-5-13/h9H,2-8H2,1H3,(H,12,16)(H,14,15). The fourth-order valence-corrected chi connectivity index (χ4v) is 1.70. The van der Waals surface area contributed by atoms with Gasteiger partial charge in [-0.25, -0.2) is 9.59 Å². The van der Waals surface area contributed by atoms with Gasteiger partial charge in [0.1, 0.15) is 6.04 Å². The first kappa shape index (κ1) is 14.7. The van der Waals surface area contributed by atoms with Crippen LogP contribution in [0.4, 0.5) is 4.79 Å². The molecule has 1 aliphatic rings. The normalized spacial score (nSPS) is 17.3. The molecule has 1 saturated heterocycles. The summed E-state index contributed by atoms with van der Waals surface area (Å²) in [6.45, 7) is 2.47. The molecule has 0 spiro atoms. The number of carboxylic acids is 1. The third-order valence-electron chi connectivity index (χ3n) is 2.74. The molecule has 0 aromatic carbocycles. The number of morpholine rings is 1. The van der Waals surface area contributed by atoms with Gasteiger partial charge >= 0.3 is 12.0 Å². The summed E-state index contributed by atoms with van der Waals surface area (Å²) in [4.78, 5) is 24.4. The van der Waals surface area contributed by atoms with Crippen molar-refractivity contribution < 1.29 is 24.2 Å². The fraction of sp³-hybridized carbons (Fsp3) is 0.818. The van der Waals surface area contributed by atoms with E-state index in [0.717, 1.165) is 0 Å². The predicted octanol–water partition coefficient (Wildman–Crippen LogP) is -0.0920. The number of rotatable bonds is 6. The lowest BCUT2D eigenvalue weighted by molar-refractivity contribution is -0.139. The minimum atomic E-state index is -1.02. The van der Waals surface area contributed by atoms with Gasteiger partial charge in [-0.15, -0.1) is 0 Å². The van der Waals surface area contributed by atoms with Crippen molar-refractivity contribution >= 4 is 12.0 Å². The molecule has 1 heterocycles. The van der Waals surface area contributed by atoms with Gasteiger partial charge in [-0.05, 0) is 12.8 Å². The number of urea groups is 1. The van der Waals surface area contributed by atoms with Gasteiger partial charge in [0.2, 0.25) is 0 Å². The average molecular weight is 260 g/mol. The van der Waals surface area contributed by atoms with Gasteiger partial charge in [0, 0.05) is 26.8 Å². The largest absolute Gasteiger partial charge is 0.480 e. The maximum absolute atomic E-state index is 11.8. The van der Waals surface area contributed by atoms with E-state index >= 15 is 0 Å². The Balaban J connectivity index is 2.38. The van der Waals surface area contributed by atoms with Crippen LogP contribution in [0.15, 0.2) is 0 Å². The summed E-state index contributed by atoms with van der Waals surface area (Å²) >= 11 is 0. The number of hydrogen-bond donors (Lipinski definition) is 2. The number of methoxy groups -OCH3 is 1. The molecule has 7 heteroatoms. The number of nitrogens with zero attached hydrogens (tertiary/aromatic N) is 1. The predicted molar refractivity (Wildman–Crippen MR) is 63.5 cm³/mol. The number of amides is 2. The van der Waals surface area contributed by atoms with E-state index < -0.39 is 12.0 Å². The number of carbonyl (C=O) groups is 2. The Morgan fingerprint density at radius 1 is 1.44 bits per heavy atom. The smallest absolute Gasteiger partial charge is 0.326 e. The van der Waals surface area contributed by atoms with Crippen LogP contribution in [0.3, 0.4) is 0 Å². The summed E-state index contributed by atoms with van der Waals surface area (Å²) in [6, 6.07) is -1.21. The van der Waals surface area contributed by atoms with Crippen molar-refractivity contribution in [3.8, 4) is 0 Å². The summed E-state index contributed by atoms with van der Waals surface area (Å²) in [5.74, 6) is -1.02. The van der Waals surface area contributed by atoms with Gasteiger partial charge in [-0.3, -0.25) is 0 Å². The zero-order chi connectivity index (χ0) is 13.4. The molecule has 0 radical (unpaired) electrons. The molecule has 2 amide bonds. The van der Waals surface area contributed by atoms with E-state index in [9.17, 15) is 9.59 Å². The quantitative estimate of drug-likeness (QED) is 0.651. The summed E-state index contributed by atoms with van der Waals surface area (Å²) in [6.07, 6.45) is 0.954. The van der Waals surface area contributed by atoms with Gasteiger partial charge in [-0.1, -0.05) is 0 Å². The highest BCUT2D eigenvalue weighted by atomic mass is 16.5.